The highest BCUT2D eigenvalue weighted by atomic mass is 32.2. The minimum Gasteiger partial charge on any atom is -0.508 e. The van der Waals surface area contributed by atoms with Gasteiger partial charge in [0.25, 0.3) is 5.56 Å². The number of rotatable bonds is 2. The van der Waals surface area contributed by atoms with E-state index in [0.717, 1.165) is 22.7 Å². The topological polar surface area (TPSA) is 95.3 Å². The average molecular weight is 252 g/mol. The monoisotopic (exact) mass is 252 g/mol. The number of hydrogen-bond donors (Lipinski definition) is 3. The maximum absolute atomic E-state index is 11.1. The Hall–Kier alpha value is -2.15. The van der Waals surface area contributed by atoms with Crippen LogP contribution in [0.1, 0.15) is 0 Å². The summed E-state index contributed by atoms with van der Waals surface area (Å²) in [5.41, 5.74) is -1.69. The van der Waals surface area contributed by atoms with E-state index in [2.05, 4.69) is 4.98 Å². The van der Waals surface area contributed by atoms with Crippen LogP contribution >= 0.6 is 11.8 Å². The van der Waals surface area contributed by atoms with Crippen molar-refractivity contribution in [2.24, 2.45) is 0 Å². The summed E-state index contributed by atoms with van der Waals surface area (Å²) in [7, 11) is 0. The quantitative estimate of drug-likeness (QED) is 0.538. The molecule has 0 spiro atoms. The predicted molar refractivity (Wildman–Crippen MR) is 60.7 cm³/mol. The van der Waals surface area contributed by atoms with Crippen LogP contribution in [-0.4, -0.2) is 20.0 Å². The summed E-state index contributed by atoms with van der Waals surface area (Å²) in [5, 5.41) is 18.4. The molecule has 0 radical (unpaired) electrons. The Morgan fingerprint density at radius 3 is 2.41 bits per heavy atom. The van der Waals surface area contributed by atoms with Gasteiger partial charge in [-0.1, -0.05) is 16.5 Å². The molecule has 2 aromatic rings. The number of hydrogen-bond acceptors (Lipinski definition) is 5. The van der Waals surface area contributed by atoms with Crippen molar-refractivity contribution in [1.82, 2.24) is 9.71 Å². The van der Waals surface area contributed by atoms with Crippen molar-refractivity contribution in [3.05, 3.63) is 51.2 Å². The lowest BCUT2D eigenvalue weighted by molar-refractivity contribution is 0.159. The van der Waals surface area contributed by atoms with Gasteiger partial charge in [-0.15, -0.1) is 0 Å². The number of nitrogens with zero attached hydrogens (tertiary/aromatic N) is 1. The van der Waals surface area contributed by atoms with Crippen LogP contribution in [0.2, 0.25) is 0 Å². The molecule has 0 fully saturated rings. The van der Waals surface area contributed by atoms with Crippen molar-refractivity contribution in [1.29, 1.82) is 0 Å². The van der Waals surface area contributed by atoms with Gasteiger partial charge >= 0.3 is 5.69 Å². The number of nitrogens with one attached hydrogen (secondary N) is 1. The third kappa shape index (κ3) is 2.51. The molecule has 0 unspecified atom stereocenters. The molecule has 0 saturated carbocycles. The van der Waals surface area contributed by atoms with Gasteiger partial charge in [0.2, 0.25) is 0 Å². The summed E-state index contributed by atoms with van der Waals surface area (Å²) in [5.74, 6) is 0.133. The number of aromatic nitrogens is 2. The molecule has 1 aromatic carbocycles. The van der Waals surface area contributed by atoms with Crippen LogP contribution in [0.25, 0.3) is 0 Å². The number of aromatic amines is 1. The van der Waals surface area contributed by atoms with E-state index < -0.39 is 11.2 Å². The van der Waals surface area contributed by atoms with Crippen LogP contribution < -0.4 is 11.2 Å². The minimum atomic E-state index is -0.890. The molecule has 88 valence electrons. The summed E-state index contributed by atoms with van der Waals surface area (Å²) in [6, 6.07) is 7.38. The molecule has 17 heavy (non-hydrogen) atoms. The van der Waals surface area contributed by atoms with E-state index >= 15 is 0 Å². The van der Waals surface area contributed by atoms with E-state index in [1.54, 1.807) is 12.1 Å². The average Bonchev–Trinajstić information content (AvgIpc) is 2.29. The van der Waals surface area contributed by atoms with Crippen molar-refractivity contribution in [2.45, 2.75) is 9.92 Å². The highest BCUT2D eigenvalue weighted by Gasteiger charge is 2.04. The van der Waals surface area contributed by atoms with Gasteiger partial charge in [0, 0.05) is 11.0 Å². The first-order chi connectivity index (χ1) is 8.06. The maximum atomic E-state index is 11.1. The van der Waals surface area contributed by atoms with Crippen LogP contribution in [0.4, 0.5) is 0 Å². The second-order valence-corrected chi connectivity index (χ2v) is 4.30. The number of phenols is 1. The minimum absolute atomic E-state index is 0.000874. The van der Waals surface area contributed by atoms with Gasteiger partial charge in [-0.05, 0) is 24.3 Å². The normalized spacial score (nSPS) is 10.4. The molecule has 3 N–H and O–H groups in total. The second kappa shape index (κ2) is 4.38. The first-order valence-electron chi connectivity index (χ1n) is 4.59. The Morgan fingerprint density at radius 1 is 1.18 bits per heavy atom. The fourth-order valence-electron chi connectivity index (χ4n) is 1.16. The molecule has 6 nitrogen and oxygen atoms in total. The van der Waals surface area contributed by atoms with Crippen molar-refractivity contribution in [3.63, 3.8) is 0 Å². The third-order valence-corrected chi connectivity index (χ3v) is 2.90. The molecule has 0 aliphatic carbocycles. The summed E-state index contributed by atoms with van der Waals surface area (Å²) in [6.45, 7) is 0. The maximum Gasteiger partial charge on any atom is 0.362 e. The van der Waals surface area contributed by atoms with Crippen LogP contribution in [0.15, 0.2) is 49.8 Å². The number of H-pyrrole nitrogens is 1. The van der Waals surface area contributed by atoms with E-state index in [-0.39, 0.29) is 10.5 Å². The van der Waals surface area contributed by atoms with Gasteiger partial charge in [-0.3, -0.25) is 9.78 Å². The smallest absolute Gasteiger partial charge is 0.362 e. The molecule has 1 heterocycles. The summed E-state index contributed by atoms with van der Waals surface area (Å²) in [6.07, 6.45) is 0. The van der Waals surface area contributed by atoms with E-state index in [4.69, 9.17) is 10.3 Å². The van der Waals surface area contributed by atoms with E-state index in [0.29, 0.717) is 5.03 Å². The van der Waals surface area contributed by atoms with Gasteiger partial charge in [-0.2, -0.15) is 0 Å². The third-order valence-electron chi connectivity index (χ3n) is 1.95. The van der Waals surface area contributed by atoms with Crippen molar-refractivity contribution >= 4 is 11.8 Å². The lowest BCUT2D eigenvalue weighted by atomic mass is 10.3. The molecular weight excluding hydrogens is 244 g/mol. The second-order valence-electron chi connectivity index (χ2n) is 3.18. The summed E-state index contributed by atoms with van der Waals surface area (Å²) in [4.78, 5) is 25.3. The van der Waals surface area contributed by atoms with Gasteiger partial charge in [0.15, 0.2) is 0 Å². The highest BCUT2D eigenvalue weighted by Crippen LogP contribution is 2.25. The van der Waals surface area contributed by atoms with E-state index in [9.17, 15) is 9.59 Å². The molecule has 0 amide bonds. The van der Waals surface area contributed by atoms with Gasteiger partial charge < -0.3 is 10.3 Å². The molecule has 2 rings (SSSR count). The Morgan fingerprint density at radius 2 is 1.82 bits per heavy atom. The summed E-state index contributed by atoms with van der Waals surface area (Å²) >= 11 is 1.14. The number of benzene rings is 1. The standard InChI is InChI=1S/C10H8N2O4S/c13-6-1-3-7(4-2-6)17-8-5-9(14)12(16)10(15)11-8/h1-5,13,16H,(H,11,15). The summed E-state index contributed by atoms with van der Waals surface area (Å²) < 4.78 is 0.000874. The SMILES string of the molecule is O=c1cc(Sc2ccc(O)cc2)[nH]c(=O)n1O. The fourth-order valence-corrected chi connectivity index (χ4v) is 1.99. The highest BCUT2D eigenvalue weighted by molar-refractivity contribution is 7.99. The number of aromatic hydroxyl groups is 1. The van der Waals surface area contributed by atoms with Gasteiger partial charge in [0.05, 0.1) is 5.03 Å². The lowest BCUT2D eigenvalue weighted by Gasteiger charge is -2.01. The van der Waals surface area contributed by atoms with Crippen LogP contribution in [0, 0.1) is 0 Å². The first-order valence-corrected chi connectivity index (χ1v) is 5.40. The Bertz CT molecular complexity index is 613. The van der Waals surface area contributed by atoms with E-state index in [1.807, 2.05) is 0 Å². The Labute approximate surface area is 99.1 Å². The van der Waals surface area contributed by atoms with Gasteiger partial charge in [0.1, 0.15) is 5.75 Å². The van der Waals surface area contributed by atoms with Crippen molar-refractivity contribution < 1.29 is 10.3 Å². The molecule has 0 saturated heterocycles. The predicted octanol–water partition coefficient (Wildman–Crippen LogP) is 0.631. The van der Waals surface area contributed by atoms with Crippen LogP contribution in [-0.2, 0) is 0 Å². The largest absolute Gasteiger partial charge is 0.508 e. The molecule has 0 atom stereocenters. The zero-order valence-electron chi connectivity index (χ0n) is 8.45. The molecular formula is C10H8N2O4S. The first kappa shape index (κ1) is 11.3. The molecule has 1 aromatic heterocycles. The van der Waals surface area contributed by atoms with Crippen LogP contribution in [0.3, 0.4) is 0 Å². The van der Waals surface area contributed by atoms with Crippen LogP contribution in [0.5, 0.6) is 5.75 Å². The lowest BCUT2D eigenvalue weighted by Crippen LogP contribution is -2.32. The Kier molecular flexibility index (Phi) is 2.92. The molecule has 7 heteroatoms. The molecule has 0 bridgehead atoms. The zero-order chi connectivity index (χ0) is 12.4. The van der Waals surface area contributed by atoms with Crippen molar-refractivity contribution in [3.8, 4) is 5.75 Å². The molecule has 0 aliphatic rings. The zero-order valence-corrected chi connectivity index (χ0v) is 9.27. The molecule has 0 aliphatic heterocycles. The van der Waals surface area contributed by atoms with Gasteiger partial charge in [-0.25, -0.2) is 4.79 Å². The fraction of sp³-hybridized carbons (Fsp3) is 0. The van der Waals surface area contributed by atoms with Crippen molar-refractivity contribution in [2.75, 3.05) is 0 Å². The number of phenolic OH excluding ortho intramolecular Hbond substituents is 1. The Balaban J connectivity index is 2.34. The van der Waals surface area contributed by atoms with E-state index in [1.165, 1.54) is 12.1 Å².